The molecule has 4 rings (SSSR count). The van der Waals surface area contributed by atoms with Crippen molar-refractivity contribution >= 4 is 44.2 Å². The first kappa shape index (κ1) is 17.3. The molecule has 0 unspecified atom stereocenters. The average Bonchev–Trinajstić information content (AvgIpc) is 3.10. The Morgan fingerprint density at radius 2 is 1.96 bits per heavy atom. The maximum atomic E-state index is 12.5. The molecule has 3 aromatic rings. The van der Waals surface area contributed by atoms with E-state index < -0.39 is 10.0 Å². The highest BCUT2D eigenvalue weighted by atomic mass is 32.2. The van der Waals surface area contributed by atoms with Crippen LogP contribution in [0.1, 0.15) is 11.1 Å². The van der Waals surface area contributed by atoms with Gasteiger partial charge in [-0.2, -0.15) is 0 Å². The zero-order valence-electron chi connectivity index (χ0n) is 14.7. The van der Waals surface area contributed by atoms with Crippen molar-refractivity contribution in [3.63, 3.8) is 0 Å². The number of anilines is 1. The van der Waals surface area contributed by atoms with Gasteiger partial charge in [0.25, 0.3) is 5.91 Å². The molecule has 0 saturated heterocycles. The molecule has 138 valence electrons. The van der Waals surface area contributed by atoms with Crippen molar-refractivity contribution in [2.24, 2.45) is 12.2 Å². The van der Waals surface area contributed by atoms with Crippen LogP contribution in [0.15, 0.2) is 47.5 Å². The molecule has 0 fully saturated rings. The van der Waals surface area contributed by atoms with Gasteiger partial charge >= 0.3 is 0 Å². The molecule has 0 bridgehead atoms. The third-order valence-electron chi connectivity index (χ3n) is 4.63. The van der Waals surface area contributed by atoms with Gasteiger partial charge in [-0.05, 0) is 42.5 Å². The summed E-state index contributed by atoms with van der Waals surface area (Å²) in [5.41, 5.74) is 3.25. The van der Waals surface area contributed by atoms with Crippen molar-refractivity contribution in [2.45, 2.75) is 4.90 Å². The summed E-state index contributed by atoms with van der Waals surface area (Å²) < 4.78 is 30.6. The Balaban J connectivity index is 1.91. The molecule has 0 saturated carbocycles. The number of rotatable bonds is 3. The second-order valence-corrected chi connectivity index (χ2v) is 7.90. The number of amides is 1. The second kappa shape index (κ2) is 5.97. The molecule has 0 atom stereocenters. The molecule has 2 heterocycles. The topological polar surface area (TPSA) is 103 Å². The van der Waals surface area contributed by atoms with Gasteiger partial charge in [0.05, 0.1) is 12.0 Å². The van der Waals surface area contributed by atoms with Gasteiger partial charge in [0.15, 0.2) is 0 Å². The molecular weight excluding hydrogens is 366 g/mol. The summed E-state index contributed by atoms with van der Waals surface area (Å²) in [5.74, 6) is 0.414. The fraction of sp³-hybridized carbons (Fsp3) is 0.105. The maximum absolute atomic E-state index is 12.5. The van der Waals surface area contributed by atoms with Crippen molar-refractivity contribution in [1.82, 2.24) is 4.57 Å². The first-order valence-electron chi connectivity index (χ1n) is 8.11. The number of benzene rings is 2. The number of primary sulfonamides is 1. The van der Waals surface area contributed by atoms with Crippen molar-refractivity contribution in [3.05, 3.63) is 53.7 Å². The van der Waals surface area contributed by atoms with E-state index in [1.54, 1.807) is 19.3 Å². The molecule has 27 heavy (non-hydrogen) atoms. The molecule has 1 aliphatic heterocycles. The van der Waals surface area contributed by atoms with Crippen LogP contribution in [0, 0.1) is 0 Å². The lowest BCUT2D eigenvalue weighted by Crippen LogP contribution is -2.12. The number of carbonyl (C=O) groups is 1. The first-order valence-corrected chi connectivity index (χ1v) is 9.66. The van der Waals surface area contributed by atoms with Gasteiger partial charge in [0, 0.05) is 46.5 Å². The summed E-state index contributed by atoms with van der Waals surface area (Å²) in [5, 5.41) is 8.90. The van der Waals surface area contributed by atoms with Crippen molar-refractivity contribution in [3.8, 4) is 5.75 Å². The van der Waals surface area contributed by atoms with Gasteiger partial charge in [-0.1, -0.05) is 0 Å². The molecule has 1 aliphatic rings. The highest BCUT2D eigenvalue weighted by molar-refractivity contribution is 7.89. The predicted octanol–water partition coefficient (Wildman–Crippen LogP) is 2.33. The first-order chi connectivity index (χ1) is 12.8. The van der Waals surface area contributed by atoms with Gasteiger partial charge in [0.1, 0.15) is 5.75 Å². The molecule has 0 aliphatic carbocycles. The predicted molar refractivity (Wildman–Crippen MR) is 104 cm³/mol. The van der Waals surface area contributed by atoms with E-state index in [0.29, 0.717) is 22.6 Å². The fourth-order valence-electron chi connectivity index (χ4n) is 3.29. The summed E-state index contributed by atoms with van der Waals surface area (Å²) >= 11 is 0. The molecular formula is C19H17N3O4S. The average molecular weight is 383 g/mol. The smallest absolute Gasteiger partial charge is 0.256 e. The molecule has 1 aromatic heterocycles. The standard InChI is InChI=1S/C19H17N3O4S/c1-22-10-11(14-8-12(26-2)3-6-18(14)22)7-16-15-9-13(27(20,24)25)4-5-17(15)21-19(16)23/h3-10H,1-2H3,(H,21,23)(H2,20,24,25). The molecule has 8 heteroatoms. The van der Waals surface area contributed by atoms with E-state index in [2.05, 4.69) is 5.32 Å². The number of carbonyl (C=O) groups excluding carboxylic acids is 1. The number of hydrogen-bond acceptors (Lipinski definition) is 4. The highest BCUT2D eigenvalue weighted by Crippen LogP contribution is 2.36. The number of sulfonamides is 1. The lowest BCUT2D eigenvalue weighted by molar-refractivity contribution is -0.110. The van der Waals surface area contributed by atoms with E-state index in [1.165, 1.54) is 12.1 Å². The van der Waals surface area contributed by atoms with Gasteiger partial charge in [-0.25, -0.2) is 13.6 Å². The number of fused-ring (bicyclic) bond motifs is 2. The van der Waals surface area contributed by atoms with Crippen LogP contribution < -0.4 is 15.2 Å². The number of hydrogen-bond donors (Lipinski definition) is 2. The van der Waals surface area contributed by atoms with Crippen molar-refractivity contribution < 1.29 is 17.9 Å². The van der Waals surface area contributed by atoms with Crippen LogP contribution in [0.3, 0.4) is 0 Å². The van der Waals surface area contributed by atoms with E-state index in [1.807, 2.05) is 36.0 Å². The van der Waals surface area contributed by atoms with E-state index in [0.717, 1.165) is 16.5 Å². The largest absolute Gasteiger partial charge is 0.497 e. The van der Waals surface area contributed by atoms with Crippen LogP contribution in [0.25, 0.3) is 22.6 Å². The summed E-state index contributed by atoms with van der Waals surface area (Å²) in [6.07, 6.45) is 3.65. The van der Waals surface area contributed by atoms with Crippen LogP contribution in [0.4, 0.5) is 5.69 Å². The van der Waals surface area contributed by atoms with E-state index in [4.69, 9.17) is 9.88 Å². The normalized spacial score (nSPS) is 15.2. The number of methoxy groups -OCH3 is 1. The summed E-state index contributed by atoms with van der Waals surface area (Å²) in [4.78, 5) is 12.4. The van der Waals surface area contributed by atoms with E-state index in [9.17, 15) is 13.2 Å². The quantitative estimate of drug-likeness (QED) is 0.678. The number of aryl methyl sites for hydroxylation is 1. The number of nitrogens with zero attached hydrogens (tertiary/aromatic N) is 1. The van der Waals surface area contributed by atoms with Gasteiger partial charge < -0.3 is 14.6 Å². The van der Waals surface area contributed by atoms with Gasteiger partial charge in [0.2, 0.25) is 10.0 Å². The zero-order chi connectivity index (χ0) is 19.3. The lowest BCUT2D eigenvalue weighted by atomic mass is 10.0. The molecule has 0 radical (unpaired) electrons. The number of aromatic nitrogens is 1. The SMILES string of the molecule is COc1ccc2c(c1)c(C=C1C(=O)Nc3ccc(S(N)(=O)=O)cc31)cn2C. The van der Waals surface area contributed by atoms with Crippen LogP contribution in [-0.2, 0) is 21.9 Å². The Kier molecular flexibility index (Phi) is 3.83. The minimum Gasteiger partial charge on any atom is -0.497 e. The third-order valence-corrected chi connectivity index (χ3v) is 5.54. The Labute approximate surface area is 156 Å². The van der Waals surface area contributed by atoms with E-state index >= 15 is 0 Å². The lowest BCUT2D eigenvalue weighted by Gasteiger charge is -2.03. The second-order valence-electron chi connectivity index (χ2n) is 6.34. The van der Waals surface area contributed by atoms with Crippen LogP contribution in [0.5, 0.6) is 5.75 Å². The molecule has 7 nitrogen and oxygen atoms in total. The fourth-order valence-corrected chi connectivity index (χ4v) is 3.83. The van der Waals surface area contributed by atoms with Crippen LogP contribution >= 0.6 is 0 Å². The minimum atomic E-state index is -3.86. The maximum Gasteiger partial charge on any atom is 0.256 e. The van der Waals surface area contributed by atoms with Crippen LogP contribution in [-0.4, -0.2) is 26.0 Å². The number of nitrogens with one attached hydrogen (secondary N) is 1. The molecule has 3 N–H and O–H groups in total. The Morgan fingerprint density at radius 1 is 1.19 bits per heavy atom. The summed E-state index contributed by atoms with van der Waals surface area (Å²) in [6, 6.07) is 10.0. The number of ether oxygens (including phenoxy) is 1. The monoisotopic (exact) mass is 383 g/mol. The zero-order valence-corrected chi connectivity index (χ0v) is 15.5. The Bertz CT molecular complexity index is 1240. The third kappa shape index (κ3) is 2.88. The molecule has 1 amide bonds. The van der Waals surface area contributed by atoms with Crippen LogP contribution in [0.2, 0.25) is 0 Å². The van der Waals surface area contributed by atoms with E-state index in [-0.39, 0.29) is 10.8 Å². The molecule has 0 spiro atoms. The summed E-state index contributed by atoms with van der Waals surface area (Å²) in [7, 11) is -0.354. The van der Waals surface area contributed by atoms with Crippen molar-refractivity contribution in [2.75, 3.05) is 12.4 Å². The number of nitrogens with two attached hydrogens (primary N) is 1. The summed E-state index contributed by atoms with van der Waals surface area (Å²) in [6.45, 7) is 0. The Hall–Kier alpha value is -3.10. The minimum absolute atomic E-state index is 0.0387. The van der Waals surface area contributed by atoms with Gasteiger partial charge in [-0.15, -0.1) is 0 Å². The Morgan fingerprint density at radius 3 is 2.67 bits per heavy atom. The highest BCUT2D eigenvalue weighted by Gasteiger charge is 2.26. The van der Waals surface area contributed by atoms with Gasteiger partial charge in [-0.3, -0.25) is 4.79 Å². The van der Waals surface area contributed by atoms with Crippen molar-refractivity contribution in [1.29, 1.82) is 0 Å². The molecule has 2 aromatic carbocycles.